The largest absolute Gasteiger partial charge is 0.459 e. The number of rotatable bonds is 3. The standard InChI is InChI=1S/C24H25N3O3/c1-16-15-26(24(29)23-6-5-13-30-23)22-14-19(9-12-21(22)27(16)17(2)28)18-7-10-20(11-8-18)25(3)4/h5-14,16H,15H2,1-4H3. The van der Waals surface area contributed by atoms with E-state index in [2.05, 4.69) is 24.3 Å². The number of carbonyl (C=O) groups is 2. The Labute approximate surface area is 176 Å². The third-order valence-electron chi connectivity index (χ3n) is 5.45. The molecule has 6 nitrogen and oxygen atoms in total. The SMILES string of the molecule is CC(=O)N1c2ccc(-c3ccc(N(C)C)cc3)cc2N(C(=O)c2ccco2)CC1C. The lowest BCUT2D eigenvalue weighted by Crippen LogP contribution is -2.51. The van der Waals surface area contributed by atoms with Crippen LogP contribution in [0.25, 0.3) is 11.1 Å². The second kappa shape index (κ2) is 7.71. The summed E-state index contributed by atoms with van der Waals surface area (Å²) in [7, 11) is 4.01. The molecule has 4 rings (SSSR count). The molecule has 1 aliphatic heterocycles. The van der Waals surface area contributed by atoms with Crippen molar-refractivity contribution < 1.29 is 14.0 Å². The van der Waals surface area contributed by atoms with Crippen LogP contribution in [-0.4, -0.2) is 38.5 Å². The number of anilines is 3. The molecule has 2 heterocycles. The van der Waals surface area contributed by atoms with E-state index in [0.29, 0.717) is 12.2 Å². The van der Waals surface area contributed by atoms with Gasteiger partial charge in [0.05, 0.1) is 23.7 Å². The normalized spacial score (nSPS) is 15.7. The fourth-order valence-corrected chi connectivity index (χ4v) is 3.96. The average Bonchev–Trinajstić information content (AvgIpc) is 3.27. The number of nitrogens with zero attached hydrogens (tertiary/aromatic N) is 3. The number of amides is 2. The van der Waals surface area contributed by atoms with Crippen molar-refractivity contribution in [2.24, 2.45) is 0 Å². The number of furan rings is 1. The number of hydrogen-bond donors (Lipinski definition) is 0. The quantitative estimate of drug-likeness (QED) is 0.650. The molecule has 3 aromatic rings. The van der Waals surface area contributed by atoms with Gasteiger partial charge in [-0.05, 0) is 54.4 Å². The molecule has 1 unspecified atom stereocenters. The van der Waals surface area contributed by atoms with Crippen LogP contribution in [-0.2, 0) is 4.79 Å². The maximum Gasteiger partial charge on any atom is 0.294 e. The smallest absolute Gasteiger partial charge is 0.294 e. The van der Waals surface area contributed by atoms with Gasteiger partial charge in [-0.1, -0.05) is 18.2 Å². The molecule has 2 amide bonds. The molecule has 0 aliphatic carbocycles. The highest BCUT2D eigenvalue weighted by Crippen LogP contribution is 2.39. The lowest BCUT2D eigenvalue weighted by molar-refractivity contribution is -0.117. The maximum absolute atomic E-state index is 13.1. The van der Waals surface area contributed by atoms with Crippen molar-refractivity contribution in [2.45, 2.75) is 19.9 Å². The monoisotopic (exact) mass is 403 g/mol. The Morgan fingerprint density at radius 3 is 2.30 bits per heavy atom. The average molecular weight is 403 g/mol. The third-order valence-corrected chi connectivity index (χ3v) is 5.45. The second-order valence-corrected chi connectivity index (χ2v) is 7.78. The van der Waals surface area contributed by atoms with E-state index in [0.717, 1.165) is 22.5 Å². The summed E-state index contributed by atoms with van der Waals surface area (Å²) in [6.07, 6.45) is 1.49. The summed E-state index contributed by atoms with van der Waals surface area (Å²) in [5.41, 5.74) is 4.58. The highest BCUT2D eigenvalue weighted by Gasteiger charge is 2.34. The molecule has 6 heteroatoms. The van der Waals surface area contributed by atoms with Gasteiger partial charge in [0.2, 0.25) is 5.91 Å². The molecule has 0 fully saturated rings. The predicted octanol–water partition coefficient (Wildman–Crippen LogP) is 4.41. The van der Waals surface area contributed by atoms with Crippen molar-refractivity contribution in [3.63, 3.8) is 0 Å². The molecule has 0 radical (unpaired) electrons. The van der Waals surface area contributed by atoms with Crippen molar-refractivity contribution in [3.05, 3.63) is 66.6 Å². The molecule has 154 valence electrons. The van der Waals surface area contributed by atoms with Gasteiger partial charge in [0, 0.05) is 33.3 Å². The fraction of sp³-hybridized carbons (Fsp3) is 0.250. The van der Waals surface area contributed by atoms with Crippen LogP contribution >= 0.6 is 0 Å². The first-order chi connectivity index (χ1) is 14.4. The highest BCUT2D eigenvalue weighted by atomic mass is 16.3. The number of fused-ring (bicyclic) bond motifs is 1. The zero-order valence-electron chi connectivity index (χ0n) is 17.6. The van der Waals surface area contributed by atoms with E-state index in [1.165, 1.54) is 6.26 Å². The van der Waals surface area contributed by atoms with Crippen LogP contribution in [0.3, 0.4) is 0 Å². The van der Waals surface area contributed by atoms with Crippen LogP contribution in [0.5, 0.6) is 0 Å². The Hall–Kier alpha value is -3.54. The van der Waals surface area contributed by atoms with Gasteiger partial charge in [-0.25, -0.2) is 0 Å². The topological polar surface area (TPSA) is 57.0 Å². The van der Waals surface area contributed by atoms with Crippen molar-refractivity contribution >= 4 is 28.9 Å². The van der Waals surface area contributed by atoms with E-state index >= 15 is 0 Å². The molecule has 1 aromatic heterocycles. The van der Waals surface area contributed by atoms with E-state index in [4.69, 9.17) is 4.42 Å². The first-order valence-electron chi connectivity index (χ1n) is 9.94. The van der Waals surface area contributed by atoms with Crippen LogP contribution in [0.1, 0.15) is 24.4 Å². The summed E-state index contributed by atoms with van der Waals surface area (Å²) in [6, 6.07) is 17.3. The van der Waals surface area contributed by atoms with Crippen LogP contribution in [0.2, 0.25) is 0 Å². The minimum absolute atomic E-state index is 0.0445. The summed E-state index contributed by atoms with van der Waals surface area (Å²) in [4.78, 5) is 31.0. The van der Waals surface area contributed by atoms with Gasteiger partial charge in [0.25, 0.3) is 5.91 Å². The molecule has 1 aliphatic rings. The third kappa shape index (κ3) is 3.45. The van der Waals surface area contributed by atoms with Gasteiger partial charge in [-0.15, -0.1) is 0 Å². The second-order valence-electron chi connectivity index (χ2n) is 7.78. The molecule has 30 heavy (non-hydrogen) atoms. The zero-order chi connectivity index (χ0) is 21.4. The molecule has 1 atom stereocenters. The van der Waals surface area contributed by atoms with Crippen LogP contribution in [0, 0.1) is 0 Å². The molecule has 0 saturated carbocycles. The minimum atomic E-state index is -0.212. The van der Waals surface area contributed by atoms with Crippen molar-refractivity contribution in [1.29, 1.82) is 0 Å². The van der Waals surface area contributed by atoms with E-state index in [9.17, 15) is 9.59 Å². The Morgan fingerprint density at radius 1 is 1.00 bits per heavy atom. The summed E-state index contributed by atoms with van der Waals surface area (Å²) in [5, 5.41) is 0. The molecule has 0 bridgehead atoms. The van der Waals surface area contributed by atoms with Crippen LogP contribution < -0.4 is 14.7 Å². The fourth-order valence-electron chi connectivity index (χ4n) is 3.96. The van der Waals surface area contributed by atoms with Crippen LogP contribution in [0.4, 0.5) is 17.1 Å². The summed E-state index contributed by atoms with van der Waals surface area (Å²) < 4.78 is 5.35. The molecule has 0 saturated heterocycles. The number of hydrogen-bond acceptors (Lipinski definition) is 4. The van der Waals surface area contributed by atoms with Crippen molar-refractivity contribution in [3.8, 4) is 11.1 Å². The van der Waals surface area contributed by atoms with Gasteiger partial charge in [0.15, 0.2) is 5.76 Å². The predicted molar refractivity (Wildman–Crippen MR) is 119 cm³/mol. The Bertz CT molecular complexity index is 1070. The molecular formula is C24H25N3O3. The molecule has 0 spiro atoms. The maximum atomic E-state index is 13.1. The van der Waals surface area contributed by atoms with E-state index in [1.807, 2.05) is 44.1 Å². The van der Waals surface area contributed by atoms with Gasteiger partial charge < -0.3 is 19.1 Å². The number of carbonyl (C=O) groups excluding carboxylic acids is 2. The molecule has 2 aromatic carbocycles. The van der Waals surface area contributed by atoms with Gasteiger partial charge >= 0.3 is 0 Å². The van der Waals surface area contributed by atoms with Crippen LogP contribution in [0.15, 0.2) is 65.3 Å². The lowest BCUT2D eigenvalue weighted by Gasteiger charge is -2.40. The first-order valence-corrected chi connectivity index (χ1v) is 9.94. The lowest BCUT2D eigenvalue weighted by atomic mass is 10.00. The Balaban J connectivity index is 1.80. The summed E-state index contributed by atoms with van der Waals surface area (Å²) >= 11 is 0. The first kappa shape index (κ1) is 19.8. The number of benzene rings is 2. The van der Waals surface area contributed by atoms with Crippen molar-refractivity contribution in [2.75, 3.05) is 35.3 Å². The van der Waals surface area contributed by atoms with Crippen molar-refractivity contribution in [1.82, 2.24) is 0 Å². The van der Waals surface area contributed by atoms with E-state index < -0.39 is 0 Å². The van der Waals surface area contributed by atoms with E-state index in [1.54, 1.807) is 28.9 Å². The Morgan fingerprint density at radius 2 is 1.70 bits per heavy atom. The minimum Gasteiger partial charge on any atom is -0.459 e. The summed E-state index contributed by atoms with van der Waals surface area (Å²) in [5.74, 6) is 0.0264. The van der Waals surface area contributed by atoms with Gasteiger partial charge in [-0.3, -0.25) is 9.59 Å². The molecular weight excluding hydrogens is 378 g/mol. The highest BCUT2D eigenvalue weighted by molar-refractivity contribution is 6.10. The van der Waals surface area contributed by atoms with E-state index in [-0.39, 0.29) is 23.6 Å². The summed E-state index contributed by atoms with van der Waals surface area (Å²) in [6.45, 7) is 3.90. The van der Waals surface area contributed by atoms with Gasteiger partial charge in [0.1, 0.15) is 0 Å². The molecule has 0 N–H and O–H groups in total. The zero-order valence-corrected chi connectivity index (χ0v) is 17.6. The van der Waals surface area contributed by atoms with Gasteiger partial charge in [-0.2, -0.15) is 0 Å². The Kier molecular flexibility index (Phi) is 5.08.